The highest BCUT2D eigenvalue weighted by Crippen LogP contribution is 2.39. The molecule has 0 fully saturated rings. The van der Waals surface area contributed by atoms with Crippen LogP contribution in [0.2, 0.25) is 0 Å². The Morgan fingerprint density at radius 3 is 2.47 bits per heavy atom. The second kappa shape index (κ2) is 8.68. The minimum absolute atomic E-state index is 0.161. The lowest BCUT2D eigenvalue weighted by molar-refractivity contribution is -0.191. The van der Waals surface area contributed by atoms with Gasteiger partial charge in [0.15, 0.2) is 11.6 Å². The highest BCUT2D eigenvalue weighted by atomic mass is 19.1. The Morgan fingerprint density at radius 1 is 1.10 bits per heavy atom. The van der Waals surface area contributed by atoms with Gasteiger partial charge in [-0.25, -0.2) is 14.2 Å². The number of ether oxygens (including phenoxy) is 2. The van der Waals surface area contributed by atoms with Crippen molar-refractivity contribution in [2.75, 3.05) is 14.2 Å². The Kier molecular flexibility index (Phi) is 6.04. The lowest BCUT2D eigenvalue weighted by atomic mass is 10.0. The van der Waals surface area contributed by atoms with E-state index in [1.807, 2.05) is 19.1 Å². The van der Waals surface area contributed by atoms with E-state index < -0.39 is 11.8 Å². The molecule has 0 unspecified atom stereocenters. The van der Waals surface area contributed by atoms with Crippen molar-refractivity contribution in [1.29, 1.82) is 0 Å². The molecular formula is C23H18FNO5. The Hall–Kier alpha value is -3.83. The van der Waals surface area contributed by atoms with Crippen molar-refractivity contribution >= 4 is 12.1 Å². The molecule has 1 aromatic heterocycles. The van der Waals surface area contributed by atoms with Crippen molar-refractivity contribution in [1.82, 2.24) is 4.98 Å². The summed E-state index contributed by atoms with van der Waals surface area (Å²) in [5.74, 6) is -0.740. The number of rotatable bonds is 3. The molecule has 0 aliphatic heterocycles. The average molecular weight is 407 g/mol. The summed E-state index contributed by atoms with van der Waals surface area (Å²) in [7, 11) is 2.77. The van der Waals surface area contributed by atoms with Crippen molar-refractivity contribution in [3.63, 3.8) is 0 Å². The number of pyridine rings is 1. The van der Waals surface area contributed by atoms with E-state index in [0.29, 0.717) is 23.2 Å². The minimum Gasteiger partial charge on any atom is -0.494 e. The maximum Gasteiger partial charge on any atom is 0.373 e. The van der Waals surface area contributed by atoms with E-state index in [4.69, 9.17) is 24.0 Å². The number of halogens is 1. The average Bonchev–Trinajstić information content (AvgIpc) is 3.10. The summed E-state index contributed by atoms with van der Waals surface area (Å²) >= 11 is 0. The molecule has 2 aromatic carbocycles. The Labute approximate surface area is 172 Å². The van der Waals surface area contributed by atoms with Gasteiger partial charge in [-0.2, -0.15) is 9.59 Å². The molecule has 0 bridgehead atoms. The molecule has 0 radical (unpaired) electrons. The molecule has 6 nitrogen and oxygen atoms in total. The summed E-state index contributed by atoms with van der Waals surface area (Å²) in [4.78, 5) is 33.4. The second-order valence-electron chi connectivity index (χ2n) is 6.64. The van der Waals surface area contributed by atoms with E-state index >= 15 is 0 Å². The summed E-state index contributed by atoms with van der Waals surface area (Å²) < 4.78 is 24.1. The molecule has 4 rings (SSSR count). The molecule has 0 saturated carbocycles. The smallest absolute Gasteiger partial charge is 0.373 e. The van der Waals surface area contributed by atoms with E-state index in [1.165, 1.54) is 20.3 Å². The van der Waals surface area contributed by atoms with Crippen LogP contribution in [-0.4, -0.2) is 31.3 Å². The molecule has 152 valence electrons. The summed E-state index contributed by atoms with van der Waals surface area (Å²) in [6.07, 6.45) is 0.876. The topological polar surface area (TPSA) is 82.6 Å². The van der Waals surface area contributed by atoms with Crippen LogP contribution in [0.25, 0.3) is 22.5 Å². The van der Waals surface area contributed by atoms with Crippen LogP contribution in [0, 0.1) is 12.7 Å². The van der Waals surface area contributed by atoms with Crippen LogP contribution in [0.5, 0.6) is 5.75 Å². The van der Waals surface area contributed by atoms with Gasteiger partial charge in [-0.15, -0.1) is 0 Å². The van der Waals surface area contributed by atoms with Crippen molar-refractivity contribution in [3.8, 4) is 28.3 Å². The summed E-state index contributed by atoms with van der Waals surface area (Å²) in [6.45, 7) is 2.03. The fourth-order valence-corrected chi connectivity index (χ4v) is 3.53. The van der Waals surface area contributed by atoms with Crippen LogP contribution in [0.1, 0.15) is 27.0 Å². The van der Waals surface area contributed by atoms with E-state index in [-0.39, 0.29) is 11.9 Å². The second-order valence-corrected chi connectivity index (χ2v) is 6.64. The third kappa shape index (κ3) is 3.83. The molecule has 1 heterocycles. The van der Waals surface area contributed by atoms with E-state index in [2.05, 4.69) is 6.07 Å². The Balaban J connectivity index is 0.000000806. The third-order valence-electron chi connectivity index (χ3n) is 4.86. The number of fused-ring (bicyclic) bond motifs is 3. The standard InChI is InChI=1S/C22H18FNO3.CO2/c1-12-4-6-15-14(8-12)9-16-17(22(25)27-3)11-19(24-21(15)16)13-5-7-20(26-2)18(23)10-13;2-1-3/h4-8,10-11H,9H2,1-3H3;. The van der Waals surface area contributed by atoms with Gasteiger partial charge in [0.05, 0.1) is 31.2 Å². The van der Waals surface area contributed by atoms with Gasteiger partial charge in [0.1, 0.15) is 0 Å². The summed E-state index contributed by atoms with van der Waals surface area (Å²) in [5.41, 5.74) is 6.42. The first-order valence-electron chi connectivity index (χ1n) is 8.98. The van der Waals surface area contributed by atoms with Crippen LogP contribution in [0.3, 0.4) is 0 Å². The monoisotopic (exact) mass is 407 g/mol. The number of hydrogen-bond acceptors (Lipinski definition) is 6. The maximum absolute atomic E-state index is 14.2. The lowest BCUT2D eigenvalue weighted by Gasteiger charge is -2.11. The van der Waals surface area contributed by atoms with Gasteiger partial charge in [0, 0.05) is 17.5 Å². The van der Waals surface area contributed by atoms with Crippen LogP contribution >= 0.6 is 0 Å². The van der Waals surface area contributed by atoms with Crippen molar-refractivity contribution in [3.05, 3.63) is 70.5 Å². The van der Waals surface area contributed by atoms with E-state index in [0.717, 1.165) is 27.9 Å². The quantitative estimate of drug-likeness (QED) is 0.478. The molecule has 0 N–H and O–H groups in total. The molecule has 0 amide bonds. The number of methoxy groups -OCH3 is 2. The molecule has 0 atom stereocenters. The first-order valence-corrected chi connectivity index (χ1v) is 8.98. The Bertz CT molecular complexity index is 1170. The molecule has 7 heteroatoms. The van der Waals surface area contributed by atoms with Crippen LogP contribution < -0.4 is 4.74 Å². The molecular weight excluding hydrogens is 389 g/mol. The van der Waals surface area contributed by atoms with Crippen LogP contribution in [0.15, 0.2) is 42.5 Å². The number of aryl methyl sites for hydroxylation is 1. The molecule has 1 aliphatic rings. The first kappa shape index (κ1) is 20.9. The van der Waals surface area contributed by atoms with Crippen molar-refractivity contribution in [2.45, 2.75) is 13.3 Å². The molecule has 0 spiro atoms. The van der Waals surface area contributed by atoms with Gasteiger partial charge in [-0.05, 0) is 42.3 Å². The highest BCUT2D eigenvalue weighted by molar-refractivity contribution is 5.96. The van der Waals surface area contributed by atoms with Crippen LogP contribution in [0.4, 0.5) is 4.39 Å². The van der Waals surface area contributed by atoms with Gasteiger partial charge >= 0.3 is 12.1 Å². The van der Waals surface area contributed by atoms with Gasteiger partial charge in [0.2, 0.25) is 0 Å². The lowest BCUT2D eigenvalue weighted by Crippen LogP contribution is -2.07. The zero-order chi connectivity index (χ0) is 21.8. The minimum atomic E-state index is -0.479. The van der Waals surface area contributed by atoms with Crippen LogP contribution in [-0.2, 0) is 20.7 Å². The normalized spacial score (nSPS) is 10.8. The number of esters is 1. The zero-order valence-corrected chi connectivity index (χ0v) is 16.6. The fourth-order valence-electron chi connectivity index (χ4n) is 3.53. The summed E-state index contributed by atoms with van der Waals surface area (Å²) in [6, 6.07) is 12.4. The van der Waals surface area contributed by atoms with Crippen molar-refractivity contribution in [2.24, 2.45) is 0 Å². The number of hydrogen-bond donors (Lipinski definition) is 0. The molecule has 30 heavy (non-hydrogen) atoms. The first-order chi connectivity index (χ1) is 14.4. The third-order valence-corrected chi connectivity index (χ3v) is 4.86. The zero-order valence-electron chi connectivity index (χ0n) is 16.6. The maximum atomic E-state index is 14.2. The number of carbonyl (C=O) groups excluding carboxylic acids is 3. The van der Waals surface area contributed by atoms with Gasteiger partial charge < -0.3 is 9.47 Å². The predicted octanol–water partition coefficient (Wildman–Crippen LogP) is 3.98. The van der Waals surface area contributed by atoms with Crippen molar-refractivity contribution < 1.29 is 28.2 Å². The van der Waals surface area contributed by atoms with Gasteiger partial charge in [-0.1, -0.05) is 23.8 Å². The van der Waals surface area contributed by atoms with Gasteiger partial charge in [-0.3, -0.25) is 0 Å². The fraction of sp³-hybridized carbons (Fsp3) is 0.174. The molecule has 3 aromatic rings. The number of aromatic nitrogens is 1. The number of nitrogens with zero attached hydrogens (tertiary/aromatic N) is 1. The summed E-state index contributed by atoms with van der Waals surface area (Å²) in [5, 5.41) is 0. The number of benzene rings is 2. The predicted molar refractivity (Wildman–Crippen MR) is 106 cm³/mol. The van der Waals surface area contributed by atoms with Gasteiger partial charge in [0.25, 0.3) is 0 Å². The molecule has 1 aliphatic carbocycles. The highest BCUT2D eigenvalue weighted by Gasteiger charge is 2.27. The van der Waals surface area contributed by atoms with E-state index in [9.17, 15) is 9.18 Å². The SMILES string of the molecule is COC(=O)c1cc(-c2ccc(OC)c(F)c2)nc2c1Cc1cc(C)ccc1-2.O=C=O. The largest absolute Gasteiger partial charge is 0.494 e. The molecule has 0 saturated heterocycles. The number of carbonyl (C=O) groups is 1. The Morgan fingerprint density at radius 2 is 1.83 bits per heavy atom. The van der Waals surface area contributed by atoms with E-state index in [1.54, 1.807) is 18.2 Å².